The third-order valence-corrected chi connectivity index (χ3v) is 3.49. The van der Waals surface area contributed by atoms with E-state index in [1.807, 2.05) is 51.1 Å². The van der Waals surface area contributed by atoms with Crippen LogP contribution < -0.4 is 0 Å². The molecule has 0 saturated carbocycles. The summed E-state index contributed by atoms with van der Waals surface area (Å²) in [6.45, 7) is 5.92. The molecule has 0 bridgehead atoms. The van der Waals surface area contributed by atoms with E-state index in [1.54, 1.807) is 12.1 Å². The highest BCUT2D eigenvalue weighted by molar-refractivity contribution is 6.02. The Labute approximate surface area is 135 Å². The Bertz CT molecular complexity index is 699. The molecular formula is C19H20O4. The normalized spacial score (nSPS) is 12.5. The first-order valence-corrected chi connectivity index (χ1v) is 7.39. The lowest BCUT2D eigenvalue weighted by atomic mass is 9.84. The van der Waals surface area contributed by atoms with Crippen molar-refractivity contribution in [3.8, 4) is 0 Å². The van der Waals surface area contributed by atoms with Gasteiger partial charge in [0.25, 0.3) is 0 Å². The molecule has 0 spiro atoms. The van der Waals surface area contributed by atoms with Crippen LogP contribution in [-0.2, 0) is 4.74 Å². The van der Waals surface area contributed by atoms with Gasteiger partial charge in [0, 0.05) is 5.41 Å². The van der Waals surface area contributed by atoms with E-state index in [0.717, 1.165) is 5.56 Å². The molecule has 23 heavy (non-hydrogen) atoms. The highest BCUT2D eigenvalue weighted by atomic mass is 16.5. The Balaban J connectivity index is 2.35. The number of carboxylic acid groups (broad SMARTS) is 1. The highest BCUT2D eigenvalue weighted by Crippen LogP contribution is 2.36. The minimum Gasteiger partial charge on any atom is -0.478 e. The first kappa shape index (κ1) is 16.7. The minimum absolute atomic E-state index is 0.0572. The third-order valence-electron chi connectivity index (χ3n) is 3.49. The second kappa shape index (κ2) is 6.65. The zero-order valence-electron chi connectivity index (χ0n) is 13.4. The molecule has 0 aromatic heterocycles. The average molecular weight is 312 g/mol. The molecule has 0 aliphatic carbocycles. The van der Waals surface area contributed by atoms with Crippen LogP contribution in [0.3, 0.4) is 0 Å². The Kier molecular flexibility index (Phi) is 4.84. The van der Waals surface area contributed by atoms with Crippen LogP contribution in [0.25, 0.3) is 0 Å². The molecule has 2 aromatic rings. The van der Waals surface area contributed by atoms with E-state index < -0.39 is 18.0 Å². The number of hydrogen-bond donors (Lipinski definition) is 1. The van der Waals surface area contributed by atoms with Gasteiger partial charge < -0.3 is 9.84 Å². The van der Waals surface area contributed by atoms with Crippen molar-refractivity contribution >= 4 is 11.9 Å². The molecule has 0 amide bonds. The van der Waals surface area contributed by atoms with E-state index in [-0.39, 0.29) is 16.5 Å². The highest BCUT2D eigenvalue weighted by Gasteiger charge is 2.31. The number of benzene rings is 2. The van der Waals surface area contributed by atoms with Gasteiger partial charge >= 0.3 is 11.9 Å². The summed E-state index contributed by atoms with van der Waals surface area (Å²) < 4.78 is 5.68. The number of aromatic carboxylic acids is 1. The van der Waals surface area contributed by atoms with Crippen LogP contribution in [0.5, 0.6) is 0 Å². The third kappa shape index (κ3) is 3.97. The number of carboxylic acids is 1. The molecule has 0 aliphatic rings. The maximum absolute atomic E-state index is 12.5. The van der Waals surface area contributed by atoms with Crippen LogP contribution >= 0.6 is 0 Å². The number of esters is 1. The van der Waals surface area contributed by atoms with Crippen molar-refractivity contribution in [3.05, 3.63) is 71.3 Å². The largest absolute Gasteiger partial charge is 0.478 e. The number of carbonyl (C=O) groups excluding carboxylic acids is 1. The van der Waals surface area contributed by atoms with E-state index in [4.69, 9.17) is 4.74 Å². The summed E-state index contributed by atoms with van der Waals surface area (Å²) in [6, 6.07) is 15.5. The Hall–Kier alpha value is -2.62. The summed E-state index contributed by atoms with van der Waals surface area (Å²) in [4.78, 5) is 23.8. The van der Waals surface area contributed by atoms with Crippen LogP contribution in [0.2, 0.25) is 0 Å². The predicted octanol–water partition coefficient (Wildman–Crippen LogP) is 4.33. The van der Waals surface area contributed by atoms with Crippen molar-refractivity contribution in [2.45, 2.75) is 26.9 Å². The molecule has 4 heteroatoms. The van der Waals surface area contributed by atoms with Gasteiger partial charge in [-0.05, 0) is 17.7 Å². The van der Waals surface area contributed by atoms with Crippen molar-refractivity contribution in [3.63, 3.8) is 0 Å². The Morgan fingerprint density at radius 2 is 1.43 bits per heavy atom. The van der Waals surface area contributed by atoms with Crippen LogP contribution in [0.15, 0.2) is 54.6 Å². The second-order valence-electron chi connectivity index (χ2n) is 6.41. The maximum atomic E-state index is 12.5. The van der Waals surface area contributed by atoms with Gasteiger partial charge in [0.1, 0.15) is 6.10 Å². The summed E-state index contributed by atoms with van der Waals surface area (Å²) in [6.07, 6.45) is -0.474. The standard InChI is InChI=1S/C19H20O4/c1-19(2,3)16(13-9-5-4-6-10-13)23-18(22)15-12-8-7-11-14(15)17(20)21/h4-12,16H,1-3H3,(H,20,21)/t16-/m0/s1. The number of ether oxygens (including phenoxy) is 1. The SMILES string of the molecule is CC(C)(C)[C@@H](OC(=O)c1ccccc1C(=O)O)c1ccccc1. The van der Waals surface area contributed by atoms with Crippen molar-refractivity contribution in [2.24, 2.45) is 5.41 Å². The van der Waals surface area contributed by atoms with Gasteiger partial charge in [-0.25, -0.2) is 9.59 Å². The smallest absolute Gasteiger partial charge is 0.339 e. The van der Waals surface area contributed by atoms with E-state index >= 15 is 0 Å². The van der Waals surface area contributed by atoms with Gasteiger partial charge in [0.15, 0.2) is 0 Å². The van der Waals surface area contributed by atoms with Crippen molar-refractivity contribution in [1.82, 2.24) is 0 Å². The van der Waals surface area contributed by atoms with Crippen LogP contribution in [0, 0.1) is 5.41 Å². The summed E-state index contributed by atoms with van der Waals surface area (Å²) >= 11 is 0. The molecule has 0 aliphatic heterocycles. The van der Waals surface area contributed by atoms with Crippen LogP contribution in [0.4, 0.5) is 0 Å². The summed E-state index contributed by atoms with van der Waals surface area (Å²) in [5.74, 6) is -1.78. The topological polar surface area (TPSA) is 63.6 Å². The first-order valence-electron chi connectivity index (χ1n) is 7.39. The monoisotopic (exact) mass is 312 g/mol. The van der Waals surface area contributed by atoms with Crippen molar-refractivity contribution in [1.29, 1.82) is 0 Å². The van der Waals surface area contributed by atoms with Gasteiger partial charge in [-0.3, -0.25) is 0 Å². The van der Waals surface area contributed by atoms with Gasteiger partial charge in [0.05, 0.1) is 11.1 Å². The number of hydrogen-bond acceptors (Lipinski definition) is 3. The average Bonchev–Trinajstić information content (AvgIpc) is 2.52. The van der Waals surface area contributed by atoms with E-state index in [9.17, 15) is 14.7 Å². The maximum Gasteiger partial charge on any atom is 0.339 e. The molecule has 2 aromatic carbocycles. The summed E-state index contributed by atoms with van der Waals surface area (Å²) in [5.41, 5.74) is 0.555. The zero-order chi connectivity index (χ0) is 17.0. The molecule has 2 rings (SSSR count). The second-order valence-corrected chi connectivity index (χ2v) is 6.41. The van der Waals surface area contributed by atoms with Gasteiger partial charge in [-0.1, -0.05) is 63.2 Å². The lowest BCUT2D eigenvalue weighted by Crippen LogP contribution is -2.25. The molecule has 0 unspecified atom stereocenters. The first-order chi connectivity index (χ1) is 10.8. The lowest BCUT2D eigenvalue weighted by Gasteiger charge is -2.30. The molecule has 0 fully saturated rings. The minimum atomic E-state index is -1.15. The molecule has 0 heterocycles. The van der Waals surface area contributed by atoms with Crippen molar-refractivity contribution < 1.29 is 19.4 Å². The lowest BCUT2D eigenvalue weighted by molar-refractivity contribution is -0.00417. The molecule has 4 nitrogen and oxygen atoms in total. The van der Waals surface area contributed by atoms with Crippen molar-refractivity contribution in [2.75, 3.05) is 0 Å². The molecule has 1 N–H and O–H groups in total. The van der Waals surface area contributed by atoms with Crippen LogP contribution in [-0.4, -0.2) is 17.0 Å². The number of rotatable bonds is 4. The fourth-order valence-corrected chi connectivity index (χ4v) is 2.39. The quantitative estimate of drug-likeness (QED) is 0.854. The molecule has 0 radical (unpaired) electrons. The molecular weight excluding hydrogens is 292 g/mol. The Morgan fingerprint density at radius 1 is 0.913 bits per heavy atom. The number of carbonyl (C=O) groups is 2. The van der Waals surface area contributed by atoms with E-state index in [0.29, 0.717) is 0 Å². The summed E-state index contributed by atoms with van der Waals surface area (Å²) in [7, 11) is 0. The molecule has 1 atom stereocenters. The van der Waals surface area contributed by atoms with Crippen LogP contribution in [0.1, 0.15) is 53.2 Å². The molecule has 0 saturated heterocycles. The fraction of sp³-hybridized carbons (Fsp3) is 0.263. The predicted molar refractivity (Wildman–Crippen MR) is 87.5 cm³/mol. The Morgan fingerprint density at radius 3 is 1.96 bits per heavy atom. The fourth-order valence-electron chi connectivity index (χ4n) is 2.39. The van der Waals surface area contributed by atoms with Gasteiger partial charge in [0.2, 0.25) is 0 Å². The van der Waals surface area contributed by atoms with Gasteiger partial charge in [-0.2, -0.15) is 0 Å². The van der Waals surface area contributed by atoms with E-state index in [2.05, 4.69) is 0 Å². The molecule has 120 valence electrons. The van der Waals surface area contributed by atoms with E-state index in [1.165, 1.54) is 12.1 Å². The zero-order valence-corrected chi connectivity index (χ0v) is 13.4. The van der Waals surface area contributed by atoms with Gasteiger partial charge in [-0.15, -0.1) is 0 Å². The summed E-state index contributed by atoms with van der Waals surface area (Å²) in [5, 5.41) is 9.22.